The number of nitrogens with one attached hydrogen (secondary N) is 1. The largest absolute Gasteiger partial charge is 0.478 e. The molecule has 0 spiro atoms. The molecule has 212 valence electrons. The second-order valence-corrected chi connectivity index (χ2v) is 9.87. The van der Waals surface area contributed by atoms with Crippen LogP contribution in [0.15, 0.2) is 95.4 Å². The minimum atomic E-state index is -0.879. The zero-order chi connectivity index (χ0) is 29.4. The Morgan fingerprint density at radius 1 is 0.732 bits per heavy atom. The molecule has 0 saturated heterocycles. The minimum Gasteiger partial charge on any atom is -0.478 e. The van der Waals surface area contributed by atoms with Crippen molar-refractivity contribution in [2.24, 2.45) is 0 Å². The van der Waals surface area contributed by atoms with Crippen LogP contribution < -0.4 is 15.1 Å². The second kappa shape index (κ2) is 13.9. The highest BCUT2D eigenvalue weighted by molar-refractivity contribution is 6.33. The van der Waals surface area contributed by atoms with Crippen molar-refractivity contribution in [3.63, 3.8) is 0 Å². The molecule has 6 nitrogen and oxygen atoms in total. The normalized spacial score (nSPS) is 10.7. The predicted molar refractivity (Wildman–Crippen MR) is 173 cm³/mol. The fourth-order valence-electron chi connectivity index (χ4n) is 4.85. The SMILES string of the molecule is CCN(CC)c1ccc2c(Nc3ccccc3Cl)c3ccc(N(CC)CC)cc3[o+]c2c1.O=C(O)c1ccccc1. The van der Waals surface area contributed by atoms with Gasteiger partial charge < -0.3 is 20.2 Å². The molecule has 1 aromatic heterocycles. The molecule has 0 amide bonds. The van der Waals surface area contributed by atoms with Crippen LogP contribution in [0.25, 0.3) is 21.9 Å². The second-order valence-electron chi connectivity index (χ2n) is 9.46. The third-order valence-corrected chi connectivity index (χ3v) is 7.43. The molecule has 7 heteroatoms. The summed E-state index contributed by atoms with van der Waals surface area (Å²) in [5.74, 6) is -0.879. The first-order valence-electron chi connectivity index (χ1n) is 14.0. The molecule has 5 aromatic rings. The van der Waals surface area contributed by atoms with Crippen molar-refractivity contribution >= 4 is 62.3 Å². The number of hydrogen-bond donors (Lipinski definition) is 2. The van der Waals surface area contributed by atoms with Gasteiger partial charge in [-0.2, -0.15) is 0 Å². The summed E-state index contributed by atoms with van der Waals surface area (Å²) in [5.41, 5.74) is 6.25. The van der Waals surface area contributed by atoms with Crippen molar-refractivity contribution in [3.05, 3.63) is 102 Å². The molecule has 0 radical (unpaired) electrons. The lowest BCUT2D eigenvalue weighted by molar-refractivity contribution is 0.0697. The summed E-state index contributed by atoms with van der Waals surface area (Å²) in [6.07, 6.45) is 0. The highest BCUT2D eigenvalue weighted by atomic mass is 35.5. The van der Waals surface area contributed by atoms with E-state index in [-0.39, 0.29) is 0 Å². The van der Waals surface area contributed by atoms with Gasteiger partial charge in [0.25, 0.3) is 0 Å². The number of carbonyl (C=O) groups is 1. The topological polar surface area (TPSA) is 67.1 Å². The van der Waals surface area contributed by atoms with Gasteiger partial charge in [0.1, 0.15) is 10.8 Å². The number of benzene rings is 4. The molecule has 0 aliphatic rings. The summed E-state index contributed by atoms with van der Waals surface area (Å²) in [4.78, 5) is 14.9. The highest BCUT2D eigenvalue weighted by Gasteiger charge is 2.22. The molecule has 0 unspecified atom stereocenters. The number of hydrogen-bond acceptors (Lipinski definition) is 4. The van der Waals surface area contributed by atoms with Gasteiger partial charge in [-0.25, -0.2) is 9.21 Å². The van der Waals surface area contributed by atoms with Gasteiger partial charge in [-0.15, -0.1) is 0 Å². The molecule has 41 heavy (non-hydrogen) atoms. The van der Waals surface area contributed by atoms with Gasteiger partial charge in [-0.3, -0.25) is 0 Å². The van der Waals surface area contributed by atoms with Crippen LogP contribution in [-0.2, 0) is 0 Å². The van der Waals surface area contributed by atoms with Crippen LogP contribution in [0, 0.1) is 0 Å². The average molecular weight is 571 g/mol. The van der Waals surface area contributed by atoms with E-state index in [1.54, 1.807) is 30.3 Å². The third-order valence-electron chi connectivity index (χ3n) is 7.10. The lowest BCUT2D eigenvalue weighted by atomic mass is 10.1. The van der Waals surface area contributed by atoms with Crippen molar-refractivity contribution in [1.82, 2.24) is 0 Å². The van der Waals surface area contributed by atoms with Gasteiger partial charge in [0.15, 0.2) is 0 Å². The number of aromatic carboxylic acids is 1. The smallest absolute Gasteiger partial charge is 0.364 e. The molecule has 0 fully saturated rings. The van der Waals surface area contributed by atoms with Crippen molar-refractivity contribution in [2.75, 3.05) is 41.3 Å². The number of carboxylic acid groups (broad SMARTS) is 1. The van der Waals surface area contributed by atoms with Gasteiger partial charge in [0.2, 0.25) is 0 Å². The summed E-state index contributed by atoms with van der Waals surface area (Å²) < 4.78 is 6.49. The first kappa shape index (κ1) is 29.7. The Balaban J connectivity index is 0.000000367. The number of carboxylic acids is 1. The first-order valence-corrected chi connectivity index (χ1v) is 14.4. The molecule has 0 saturated carbocycles. The summed E-state index contributed by atoms with van der Waals surface area (Å²) in [7, 11) is 0. The summed E-state index contributed by atoms with van der Waals surface area (Å²) in [5, 5.41) is 14.7. The maximum atomic E-state index is 10.2. The van der Waals surface area contributed by atoms with Crippen LogP contribution in [0.4, 0.5) is 22.7 Å². The van der Waals surface area contributed by atoms with E-state index in [0.717, 1.165) is 70.9 Å². The molecule has 0 bridgehead atoms. The zero-order valence-corrected chi connectivity index (χ0v) is 24.8. The van der Waals surface area contributed by atoms with Crippen LogP contribution in [0.5, 0.6) is 0 Å². The van der Waals surface area contributed by atoms with E-state index < -0.39 is 5.97 Å². The lowest BCUT2D eigenvalue weighted by Gasteiger charge is -2.21. The van der Waals surface area contributed by atoms with E-state index in [2.05, 4.69) is 79.2 Å². The molecule has 1 heterocycles. The summed E-state index contributed by atoms with van der Waals surface area (Å²) in [6.45, 7) is 12.5. The van der Waals surface area contributed by atoms with E-state index in [9.17, 15) is 4.79 Å². The Morgan fingerprint density at radius 3 is 1.66 bits per heavy atom. The van der Waals surface area contributed by atoms with Crippen LogP contribution in [0.3, 0.4) is 0 Å². The number of anilines is 4. The number of nitrogens with zero attached hydrogens (tertiary/aromatic N) is 2. The summed E-state index contributed by atoms with van der Waals surface area (Å²) >= 11 is 6.49. The fraction of sp³-hybridized carbons (Fsp3) is 0.235. The third kappa shape index (κ3) is 6.90. The fourth-order valence-corrected chi connectivity index (χ4v) is 5.03. The van der Waals surface area contributed by atoms with Crippen LogP contribution >= 0.6 is 11.6 Å². The van der Waals surface area contributed by atoms with Crippen molar-refractivity contribution in [3.8, 4) is 0 Å². The monoisotopic (exact) mass is 570 g/mol. The standard InChI is InChI=1S/C27H31ClN3O.C7H6O2/c1-5-30(6-2)19-13-15-21-25(17-19)32-26-18-20(31(7-3)8-4)14-16-22(26)27(21)29-24-12-10-9-11-23(24)28;8-7(9)6-4-2-1-3-5-6/h9-18,29H,5-8H2,1-4H3;1-5H,(H,8,9)/q+1;. The van der Waals surface area contributed by atoms with Crippen LogP contribution in [0.2, 0.25) is 5.02 Å². The Kier molecular flexibility index (Phi) is 10.0. The molecule has 0 aliphatic heterocycles. The van der Waals surface area contributed by atoms with Gasteiger partial charge >= 0.3 is 17.1 Å². The van der Waals surface area contributed by atoms with Gasteiger partial charge in [-0.05, 0) is 76.2 Å². The molecule has 2 N–H and O–H groups in total. The van der Waals surface area contributed by atoms with E-state index in [1.165, 1.54) is 0 Å². The number of rotatable bonds is 9. The Labute approximate surface area is 246 Å². The molecule has 0 aliphatic carbocycles. The molecule has 5 rings (SSSR count). The zero-order valence-electron chi connectivity index (χ0n) is 24.0. The maximum absolute atomic E-state index is 10.2. The van der Waals surface area contributed by atoms with E-state index in [0.29, 0.717) is 10.6 Å². The average Bonchev–Trinajstić information content (AvgIpc) is 3.00. The van der Waals surface area contributed by atoms with Crippen molar-refractivity contribution in [1.29, 1.82) is 0 Å². The Bertz CT molecular complexity index is 1550. The van der Waals surface area contributed by atoms with Crippen molar-refractivity contribution < 1.29 is 14.3 Å². The molecule has 0 atom stereocenters. The molecule has 4 aromatic carbocycles. The number of para-hydroxylation sites is 1. The van der Waals surface area contributed by atoms with Crippen LogP contribution in [0.1, 0.15) is 38.1 Å². The maximum Gasteiger partial charge on any atom is 0.364 e. The lowest BCUT2D eigenvalue weighted by Crippen LogP contribution is -2.21. The van der Waals surface area contributed by atoms with E-state index in [4.69, 9.17) is 21.1 Å². The number of halogens is 1. The highest BCUT2D eigenvalue weighted by Crippen LogP contribution is 2.39. The van der Waals surface area contributed by atoms with Gasteiger partial charge in [0, 0.05) is 37.6 Å². The molecular formula is C34H37ClN3O3+. The van der Waals surface area contributed by atoms with E-state index in [1.807, 2.05) is 24.3 Å². The minimum absolute atomic E-state index is 0.331. The Morgan fingerprint density at radius 2 is 1.22 bits per heavy atom. The Hall–Kier alpha value is -4.29. The molecular weight excluding hydrogens is 534 g/mol. The first-order chi connectivity index (χ1) is 19.9. The van der Waals surface area contributed by atoms with Gasteiger partial charge in [-0.1, -0.05) is 41.9 Å². The predicted octanol–water partition coefficient (Wildman–Crippen LogP) is 9.34. The van der Waals surface area contributed by atoms with Crippen LogP contribution in [-0.4, -0.2) is 37.3 Å². The van der Waals surface area contributed by atoms with Gasteiger partial charge in [0.05, 0.1) is 34.1 Å². The summed E-state index contributed by atoms with van der Waals surface area (Å²) in [6, 6.07) is 29.0. The number of fused-ring (bicyclic) bond motifs is 2. The van der Waals surface area contributed by atoms with E-state index >= 15 is 0 Å². The van der Waals surface area contributed by atoms with Crippen molar-refractivity contribution in [2.45, 2.75) is 27.7 Å². The quantitative estimate of drug-likeness (QED) is 0.136.